The third kappa shape index (κ3) is 3.32. The Balaban J connectivity index is 1.66. The number of carbonyl (C=O) groups is 2. The summed E-state index contributed by atoms with van der Waals surface area (Å²) >= 11 is 0. The van der Waals surface area contributed by atoms with Gasteiger partial charge < -0.3 is 10.6 Å². The molecule has 2 aromatic rings. The smallest absolute Gasteiger partial charge is 0.272 e. The Bertz CT molecular complexity index is 830. The zero-order chi connectivity index (χ0) is 18.1. The largest absolute Gasteiger partial charge is 0.348 e. The van der Waals surface area contributed by atoms with Crippen LogP contribution >= 0.6 is 0 Å². The molecule has 138 valence electrons. The lowest BCUT2D eigenvalue weighted by Gasteiger charge is -2.14. The molecule has 6 nitrogen and oxygen atoms in total. The van der Waals surface area contributed by atoms with Crippen LogP contribution in [0.5, 0.6) is 0 Å². The first-order chi connectivity index (χ1) is 12.6. The van der Waals surface area contributed by atoms with E-state index in [9.17, 15) is 9.59 Å². The number of pyridine rings is 1. The summed E-state index contributed by atoms with van der Waals surface area (Å²) in [5.41, 5.74) is 2.15. The molecule has 0 unspecified atom stereocenters. The normalized spacial score (nSPS) is 18.5. The third-order valence-electron chi connectivity index (χ3n) is 5.64. The number of rotatable bonds is 4. The molecule has 0 spiro atoms. The van der Waals surface area contributed by atoms with E-state index in [4.69, 9.17) is 0 Å². The second-order valence-corrected chi connectivity index (χ2v) is 7.67. The SMILES string of the molecule is Cc1ccc2nc(NC(=O)C3CCCC3)c(C(=O)NC3CCCC3)n2c1. The van der Waals surface area contributed by atoms with Gasteiger partial charge in [-0.25, -0.2) is 4.98 Å². The average Bonchev–Trinajstić information content (AvgIpc) is 3.35. The summed E-state index contributed by atoms with van der Waals surface area (Å²) in [5.74, 6) is 0.240. The van der Waals surface area contributed by atoms with Crippen molar-refractivity contribution in [2.24, 2.45) is 5.92 Å². The first-order valence-corrected chi connectivity index (χ1v) is 9.72. The van der Waals surface area contributed by atoms with E-state index in [0.29, 0.717) is 17.2 Å². The summed E-state index contributed by atoms with van der Waals surface area (Å²) < 4.78 is 1.80. The number of nitrogens with one attached hydrogen (secondary N) is 2. The lowest BCUT2D eigenvalue weighted by molar-refractivity contribution is -0.119. The predicted octanol–water partition coefficient (Wildman–Crippen LogP) is 3.44. The Morgan fingerprint density at radius 2 is 1.77 bits per heavy atom. The van der Waals surface area contributed by atoms with E-state index in [1.807, 2.05) is 25.3 Å². The molecule has 2 amide bonds. The molecule has 2 N–H and O–H groups in total. The van der Waals surface area contributed by atoms with Crippen LogP contribution in [0, 0.1) is 12.8 Å². The predicted molar refractivity (Wildman–Crippen MR) is 100 cm³/mol. The Kier molecular flexibility index (Phi) is 4.66. The fourth-order valence-corrected chi connectivity index (χ4v) is 4.19. The lowest BCUT2D eigenvalue weighted by atomic mass is 10.1. The highest BCUT2D eigenvalue weighted by atomic mass is 16.2. The first kappa shape index (κ1) is 17.1. The number of nitrogens with zero attached hydrogens (tertiary/aromatic N) is 2. The van der Waals surface area contributed by atoms with E-state index >= 15 is 0 Å². The van der Waals surface area contributed by atoms with Gasteiger partial charge in [0.05, 0.1) is 0 Å². The second kappa shape index (κ2) is 7.09. The maximum atomic E-state index is 13.0. The number of aryl methyl sites for hydroxylation is 1. The van der Waals surface area contributed by atoms with Crippen molar-refractivity contribution in [1.29, 1.82) is 0 Å². The molecule has 0 atom stereocenters. The molecular weight excluding hydrogens is 328 g/mol. The van der Waals surface area contributed by atoms with Crippen molar-refractivity contribution < 1.29 is 9.59 Å². The van der Waals surface area contributed by atoms with Crippen LogP contribution in [0.4, 0.5) is 5.82 Å². The standard InChI is InChI=1S/C20H26N4O2/c1-13-10-11-16-22-18(23-19(25)14-6-2-3-7-14)17(24(16)12-13)20(26)21-15-8-4-5-9-15/h10-12,14-15H,2-9H2,1H3,(H,21,26)(H,23,25). The number of fused-ring (bicyclic) bond motifs is 1. The fourth-order valence-electron chi connectivity index (χ4n) is 4.19. The van der Waals surface area contributed by atoms with Crippen LogP contribution in [0.1, 0.15) is 67.4 Å². The van der Waals surface area contributed by atoms with Crippen LogP contribution in [0.15, 0.2) is 18.3 Å². The number of hydrogen-bond acceptors (Lipinski definition) is 3. The van der Waals surface area contributed by atoms with Crippen molar-refractivity contribution in [2.45, 2.75) is 64.3 Å². The maximum absolute atomic E-state index is 13.0. The molecule has 6 heteroatoms. The van der Waals surface area contributed by atoms with E-state index in [0.717, 1.165) is 56.9 Å². The zero-order valence-corrected chi connectivity index (χ0v) is 15.3. The Morgan fingerprint density at radius 1 is 1.08 bits per heavy atom. The summed E-state index contributed by atoms with van der Waals surface area (Å²) in [4.78, 5) is 30.1. The molecule has 2 aliphatic carbocycles. The molecule has 0 saturated heterocycles. The molecule has 2 aliphatic rings. The summed E-state index contributed by atoms with van der Waals surface area (Å²) in [6, 6.07) is 4.06. The van der Waals surface area contributed by atoms with Gasteiger partial charge in [0.2, 0.25) is 5.91 Å². The van der Waals surface area contributed by atoms with Crippen molar-refractivity contribution in [2.75, 3.05) is 5.32 Å². The van der Waals surface area contributed by atoms with Crippen molar-refractivity contribution in [3.8, 4) is 0 Å². The zero-order valence-electron chi connectivity index (χ0n) is 15.3. The van der Waals surface area contributed by atoms with Crippen molar-refractivity contribution in [3.05, 3.63) is 29.6 Å². The molecule has 0 aliphatic heterocycles. The number of carbonyl (C=O) groups excluding carboxylic acids is 2. The van der Waals surface area contributed by atoms with E-state index in [1.54, 1.807) is 4.40 Å². The maximum Gasteiger partial charge on any atom is 0.272 e. The van der Waals surface area contributed by atoms with Crippen LogP contribution in [0.3, 0.4) is 0 Å². The quantitative estimate of drug-likeness (QED) is 0.883. The highest BCUT2D eigenvalue weighted by Crippen LogP contribution is 2.27. The Labute approximate surface area is 153 Å². The average molecular weight is 354 g/mol. The monoisotopic (exact) mass is 354 g/mol. The topological polar surface area (TPSA) is 75.5 Å². The van der Waals surface area contributed by atoms with Crippen LogP contribution in [-0.2, 0) is 4.79 Å². The van der Waals surface area contributed by atoms with Gasteiger partial charge in [0.1, 0.15) is 5.65 Å². The van der Waals surface area contributed by atoms with Gasteiger partial charge in [-0.2, -0.15) is 0 Å². The van der Waals surface area contributed by atoms with E-state index in [-0.39, 0.29) is 23.8 Å². The second-order valence-electron chi connectivity index (χ2n) is 7.67. The molecule has 2 heterocycles. The molecule has 0 radical (unpaired) electrons. The molecule has 4 rings (SSSR count). The van der Waals surface area contributed by atoms with Crippen LogP contribution in [0.25, 0.3) is 5.65 Å². The van der Waals surface area contributed by atoms with Gasteiger partial charge in [-0.15, -0.1) is 0 Å². The van der Waals surface area contributed by atoms with Crippen molar-refractivity contribution >= 4 is 23.3 Å². The minimum absolute atomic E-state index is 0.0162. The lowest BCUT2D eigenvalue weighted by Crippen LogP contribution is -2.34. The van der Waals surface area contributed by atoms with Gasteiger partial charge in [0.15, 0.2) is 11.5 Å². The Morgan fingerprint density at radius 3 is 2.50 bits per heavy atom. The van der Waals surface area contributed by atoms with Crippen LogP contribution in [-0.4, -0.2) is 27.2 Å². The molecule has 2 fully saturated rings. The summed E-state index contributed by atoms with van der Waals surface area (Å²) in [5, 5.41) is 6.06. The van der Waals surface area contributed by atoms with Gasteiger partial charge in [0.25, 0.3) is 5.91 Å². The minimum atomic E-state index is -0.156. The van der Waals surface area contributed by atoms with E-state index in [1.165, 1.54) is 0 Å². The van der Waals surface area contributed by atoms with Crippen LogP contribution < -0.4 is 10.6 Å². The first-order valence-electron chi connectivity index (χ1n) is 9.72. The fraction of sp³-hybridized carbons (Fsp3) is 0.550. The van der Waals surface area contributed by atoms with Gasteiger partial charge in [-0.1, -0.05) is 31.7 Å². The molecule has 2 saturated carbocycles. The number of imidazole rings is 1. The molecular formula is C20H26N4O2. The number of aromatic nitrogens is 2. The van der Waals surface area contributed by atoms with Gasteiger partial charge >= 0.3 is 0 Å². The molecule has 0 aromatic carbocycles. The number of hydrogen-bond donors (Lipinski definition) is 2. The van der Waals surface area contributed by atoms with E-state index in [2.05, 4.69) is 15.6 Å². The van der Waals surface area contributed by atoms with Crippen molar-refractivity contribution in [1.82, 2.24) is 14.7 Å². The third-order valence-corrected chi connectivity index (χ3v) is 5.64. The Hall–Kier alpha value is -2.37. The minimum Gasteiger partial charge on any atom is -0.348 e. The van der Waals surface area contributed by atoms with Crippen LogP contribution in [0.2, 0.25) is 0 Å². The van der Waals surface area contributed by atoms with Gasteiger partial charge in [-0.05, 0) is 44.2 Å². The number of amides is 2. The van der Waals surface area contributed by atoms with E-state index < -0.39 is 0 Å². The highest BCUT2D eigenvalue weighted by molar-refractivity contribution is 6.03. The molecule has 2 aromatic heterocycles. The highest BCUT2D eigenvalue weighted by Gasteiger charge is 2.28. The summed E-state index contributed by atoms with van der Waals surface area (Å²) in [6.07, 6.45) is 10.3. The summed E-state index contributed by atoms with van der Waals surface area (Å²) in [6.45, 7) is 1.98. The van der Waals surface area contributed by atoms with Gasteiger partial charge in [0, 0.05) is 18.2 Å². The summed E-state index contributed by atoms with van der Waals surface area (Å²) in [7, 11) is 0. The van der Waals surface area contributed by atoms with Crippen molar-refractivity contribution in [3.63, 3.8) is 0 Å². The molecule has 26 heavy (non-hydrogen) atoms. The number of anilines is 1. The molecule has 0 bridgehead atoms. The van der Waals surface area contributed by atoms with Gasteiger partial charge in [-0.3, -0.25) is 14.0 Å².